The number of rotatable bonds is 4. The molecule has 1 fully saturated rings. The van der Waals surface area contributed by atoms with Crippen molar-refractivity contribution in [2.24, 2.45) is 11.3 Å². The summed E-state index contributed by atoms with van der Waals surface area (Å²) in [6.07, 6.45) is 1.48. The number of ether oxygens (including phenoxy) is 1. The van der Waals surface area contributed by atoms with Crippen LogP contribution in [0.1, 0.15) is 25.8 Å². The Hall–Kier alpha value is -0.830. The van der Waals surface area contributed by atoms with Gasteiger partial charge in [-0.3, -0.25) is 4.79 Å². The fourth-order valence-corrected chi connectivity index (χ4v) is 2.62. The Morgan fingerprint density at radius 2 is 2.18 bits per heavy atom. The summed E-state index contributed by atoms with van der Waals surface area (Å²) in [5.74, 6) is 1.34. The molecule has 0 aliphatic heterocycles. The molecule has 0 N–H and O–H groups in total. The van der Waals surface area contributed by atoms with Gasteiger partial charge in [0.2, 0.25) is 0 Å². The Morgan fingerprint density at radius 1 is 1.53 bits per heavy atom. The van der Waals surface area contributed by atoms with Crippen molar-refractivity contribution in [1.82, 2.24) is 0 Å². The fourth-order valence-electron chi connectivity index (χ4n) is 2.21. The monoisotopic (exact) mass is 296 g/mol. The summed E-state index contributed by atoms with van der Waals surface area (Å²) in [7, 11) is 1.64. The van der Waals surface area contributed by atoms with Gasteiger partial charge in [0.1, 0.15) is 11.5 Å². The fraction of sp³-hybridized carbons (Fsp3) is 0.500. The summed E-state index contributed by atoms with van der Waals surface area (Å²) in [4.78, 5) is 12.1. The lowest BCUT2D eigenvalue weighted by molar-refractivity contribution is -0.120. The van der Waals surface area contributed by atoms with E-state index in [2.05, 4.69) is 29.8 Å². The Kier molecular flexibility index (Phi) is 3.30. The van der Waals surface area contributed by atoms with E-state index >= 15 is 0 Å². The second kappa shape index (κ2) is 4.45. The third-order valence-corrected chi connectivity index (χ3v) is 4.00. The molecule has 1 atom stereocenters. The normalized spacial score (nSPS) is 21.1. The molecule has 3 heteroatoms. The molecule has 0 heterocycles. The van der Waals surface area contributed by atoms with Gasteiger partial charge in [0.25, 0.3) is 0 Å². The molecule has 2 nitrogen and oxygen atoms in total. The number of hydrogen-bond donors (Lipinski definition) is 0. The second-order valence-corrected chi connectivity index (χ2v) is 6.26. The van der Waals surface area contributed by atoms with E-state index < -0.39 is 0 Å². The van der Waals surface area contributed by atoms with Crippen LogP contribution in [0.3, 0.4) is 0 Å². The molecule has 1 unspecified atom stereocenters. The zero-order valence-electron chi connectivity index (χ0n) is 10.4. The van der Waals surface area contributed by atoms with Crippen molar-refractivity contribution >= 4 is 21.7 Å². The molecular formula is C14H17BrO2. The molecule has 1 aromatic carbocycles. The lowest BCUT2D eigenvalue weighted by Crippen LogP contribution is -2.10. The van der Waals surface area contributed by atoms with Crippen molar-refractivity contribution < 1.29 is 9.53 Å². The molecule has 1 saturated carbocycles. The number of halogens is 1. The van der Waals surface area contributed by atoms with E-state index in [4.69, 9.17) is 4.74 Å². The van der Waals surface area contributed by atoms with E-state index in [-0.39, 0.29) is 11.3 Å². The van der Waals surface area contributed by atoms with E-state index in [1.165, 1.54) is 0 Å². The summed E-state index contributed by atoms with van der Waals surface area (Å²) in [5, 5.41) is 0. The lowest BCUT2D eigenvalue weighted by atomic mass is 10.0. The first-order valence-electron chi connectivity index (χ1n) is 5.79. The van der Waals surface area contributed by atoms with Crippen LogP contribution in [0, 0.1) is 11.3 Å². The number of carbonyl (C=O) groups excluding carboxylic acids is 1. The summed E-state index contributed by atoms with van der Waals surface area (Å²) in [6, 6.07) is 5.78. The average Bonchev–Trinajstić information content (AvgIpc) is 2.88. The van der Waals surface area contributed by atoms with Gasteiger partial charge in [0.15, 0.2) is 0 Å². The van der Waals surface area contributed by atoms with Gasteiger partial charge in [-0.1, -0.05) is 29.8 Å². The molecule has 1 aliphatic rings. The van der Waals surface area contributed by atoms with Crippen LogP contribution in [0.25, 0.3) is 0 Å². The number of carbonyl (C=O) groups is 1. The van der Waals surface area contributed by atoms with Crippen LogP contribution in [0.15, 0.2) is 22.7 Å². The topological polar surface area (TPSA) is 26.3 Å². The van der Waals surface area contributed by atoms with Crippen LogP contribution in [0.2, 0.25) is 0 Å². The first kappa shape index (κ1) is 12.6. The number of ketones is 1. The first-order chi connectivity index (χ1) is 7.94. The average molecular weight is 297 g/mol. The minimum absolute atomic E-state index is 0.205. The molecule has 0 saturated heterocycles. The highest BCUT2D eigenvalue weighted by Gasteiger charge is 2.49. The molecule has 17 heavy (non-hydrogen) atoms. The largest absolute Gasteiger partial charge is 0.496 e. The first-order valence-corrected chi connectivity index (χ1v) is 6.58. The molecule has 0 amide bonds. The maximum absolute atomic E-state index is 12.1. The Bertz CT molecular complexity index is 452. The minimum Gasteiger partial charge on any atom is -0.496 e. The predicted molar refractivity (Wildman–Crippen MR) is 71.3 cm³/mol. The number of benzene rings is 1. The van der Waals surface area contributed by atoms with Gasteiger partial charge in [-0.05, 0) is 30.0 Å². The van der Waals surface area contributed by atoms with E-state index in [0.29, 0.717) is 12.2 Å². The van der Waals surface area contributed by atoms with Gasteiger partial charge in [-0.2, -0.15) is 0 Å². The van der Waals surface area contributed by atoms with Crippen LogP contribution < -0.4 is 4.74 Å². The van der Waals surface area contributed by atoms with Crippen molar-refractivity contribution in [2.75, 3.05) is 7.11 Å². The van der Waals surface area contributed by atoms with Gasteiger partial charge in [-0.15, -0.1) is 0 Å². The zero-order valence-corrected chi connectivity index (χ0v) is 12.0. The van der Waals surface area contributed by atoms with Crippen molar-refractivity contribution in [3.05, 3.63) is 28.2 Å². The Labute approximate surface area is 110 Å². The summed E-state index contributed by atoms with van der Waals surface area (Å²) >= 11 is 3.42. The van der Waals surface area contributed by atoms with Gasteiger partial charge < -0.3 is 4.74 Å². The van der Waals surface area contributed by atoms with E-state index in [9.17, 15) is 4.79 Å². The van der Waals surface area contributed by atoms with Crippen LogP contribution in [-0.2, 0) is 11.2 Å². The maximum Gasteiger partial charge on any atom is 0.141 e. The predicted octanol–water partition coefficient (Wildman–Crippen LogP) is 3.62. The molecule has 1 aliphatic carbocycles. The molecule has 0 bridgehead atoms. The molecule has 1 aromatic rings. The van der Waals surface area contributed by atoms with E-state index in [1.54, 1.807) is 7.11 Å². The van der Waals surface area contributed by atoms with Gasteiger partial charge in [-0.25, -0.2) is 0 Å². The zero-order chi connectivity index (χ0) is 12.6. The van der Waals surface area contributed by atoms with E-state index in [0.717, 1.165) is 22.2 Å². The Balaban J connectivity index is 2.13. The highest BCUT2D eigenvalue weighted by atomic mass is 79.9. The molecule has 92 valence electrons. The highest BCUT2D eigenvalue weighted by Crippen LogP contribution is 2.52. The SMILES string of the molecule is COc1ccc(Br)cc1CC(=O)C1CC1(C)C. The Morgan fingerprint density at radius 3 is 2.71 bits per heavy atom. The minimum atomic E-state index is 0.205. The molecule has 2 rings (SSSR count). The standard InChI is InChI=1S/C14H17BrO2/c1-14(2)8-11(14)12(16)7-9-6-10(15)4-5-13(9)17-3/h4-6,11H,7-8H2,1-3H3. The lowest BCUT2D eigenvalue weighted by Gasteiger charge is -2.09. The molecule has 0 aromatic heterocycles. The number of methoxy groups -OCH3 is 1. The molecular weight excluding hydrogens is 280 g/mol. The quantitative estimate of drug-likeness (QED) is 0.848. The van der Waals surface area contributed by atoms with Gasteiger partial charge in [0, 0.05) is 22.4 Å². The smallest absolute Gasteiger partial charge is 0.141 e. The van der Waals surface area contributed by atoms with Gasteiger partial charge in [0.05, 0.1) is 7.11 Å². The van der Waals surface area contributed by atoms with Crippen LogP contribution in [0.4, 0.5) is 0 Å². The number of Topliss-reactive ketones (excluding diaryl/α,β-unsaturated/α-hetero) is 1. The maximum atomic E-state index is 12.1. The summed E-state index contributed by atoms with van der Waals surface area (Å²) in [5.41, 5.74) is 1.17. The van der Waals surface area contributed by atoms with Gasteiger partial charge >= 0.3 is 0 Å². The van der Waals surface area contributed by atoms with Crippen LogP contribution in [-0.4, -0.2) is 12.9 Å². The summed E-state index contributed by atoms with van der Waals surface area (Å²) in [6.45, 7) is 4.29. The number of hydrogen-bond acceptors (Lipinski definition) is 2. The second-order valence-electron chi connectivity index (χ2n) is 5.34. The van der Waals surface area contributed by atoms with E-state index in [1.807, 2.05) is 18.2 Å². The molecule has 0 spiro atoms. The van der Waals surface area contributed by atoms with Crippen molar-refractivity contribution in [3.63, 3.8) is 0 Å². The van der Waals surface area contributed by atoms with Crippen LogP contribution >= 0.6 is 15.9 Å². The van der Waals surface area contributed by atoms with Crippen molar-refractivity contribution in [2.45, 2.75) is 26.7 Å². The highest BCUT2D eigenvalue weighted by molar-refractivity contribution is 9.10. The third kappa shape index (κ3) is 2.71. The van der Waals surface area contributed by atoms with Crippen molar-refractivity contribution in [1.29, 1.82) is 0 Å². The molecule has 0 radical (unpaired) electrons. The third-order valence-electron chi connectivity index (χ3n) is 3.51. The summed E-state index contributed by atoms with van der Waals surface area (Å²) < 4.78 is 6.26. The van der Waals surface area contributed by atoms with Crippen LogP contribution in [0.5, 0.6) is 5.75 Å². The van der Waals surface area contributed by atoms with Crippen molar-refractivity contribution in [3.8, 4) is 5.75 Å².